The number of hydrogen-bond acceptors (Lipinski definition) is 6. The quantitative estimate of drug-likeness (QED) is 0.634. The van der Waals surface area contributed by atoms with Crippen molar-refractivity contribution in [1.82, 2.24) is 15.2 Å². The molecule has 3 aromatic rings. The second-order valence-electron chi connectivity index (χ2n) is 7.65. The molecule has 4 rings (SSSR count). The van der Waals surface area contributed by atoms with Crippen molar-refractivity contribution in [2.75, 3.05) is 30.4 Å². The van der Waals surface area contributed by atoms with Crippen molar-refractivity contribution >= 4 is 22.4 Å². The Morgan fingerprint density at radius 1 is 1.20 bits per heavy atom. The van der Waals surface area contributed by atoms with Crippen LogP contribution in [-0.4, -0.2) is 41.5 Å². The molecule has 8 heteroatoms. The van der Waals surface area contributed by atoms with Crippen molar-refractivity contribution in [2.24, 2.45) is 0 Å². The van der Waals surface area contributed by atoms with E-state index in [1.165, 1.54) is 12.1 Å². The summed E-state index contributed by atoms with van der Waals surface area (Å²) in [6.07, 6.45) is 0.553. The normalized spacial score (nSPS) is 17.7. The highest BCUT2D eigenvalue weighted by molar-refractivity contribution is 5.92. The average Bonchev–Trinajstić information content (AvgIpc) is 3.25. The van der Waals surface area contributed by atoms with Crippen LogP contribution in [0.15, 0.2) is 36.5 Å². The number of fused-ring (bicyclic) bond motifs is 1. The van der Waals surface area contributed by atoms with E-state index >= 15 is 0 Å². The summed E-state index contributed by atoms with van der Waals surface area (Å²) in [7, 11) is 1.73. The molecule has 2 atom stereocenters. The smallest absolute Gasteiger partial charge is 0.263 e. The molecule has 0 radical (unpaired) electrons. The number of alkyl halides is 2. The molecule has 1 aromatic carbocycles. The van der Waals surface area contributed by atoms with Crippen LogP contribution in [0.5, 0.6) is 0 Å². The number of aryl methyl sites for hydroxylation is 1. The Balaban J connectivity index is 1.65. The maximum atomic E-state index is 13.1. The number of ether oxygens (including phenoxy) is 1. The largest absolute Gasteiger partial charge is 0.380 e. The lowest BCUT2D eigenvalue weighted by Gasteiger charge is -2.20. The standard InChI is InChI=1S/C22H25F2N5O/c1-13(15-5-4-6-16(9-15)21(23)24)26-22-19-10-17(29-8-7-18(12-29)30-3)11-25-20(19)14(2)27-28-22/h4-6,9-11,13,18,21H,7-8,12H2,1-3H3,(H,26,28)/t13-,18+/m1/s1. The van der Waals surface area contributed by atoms with Gasteiger partial charge in [-0.2, -0.15) is 5.10 Å². The van der Waals surface area contributed by atoms with E-state index in [1.807, 2.05) is 26.1 Å². The van der Waals surface area contributed by atoms with Crippen molar-refractivity contribution in [3.63, 3.8) is 0 Å². The van der Waals surface area contributed by atoms with E-state index in [-0.39, 0.29) is 17.7 Å². The van der Waals surface area contributed by atoms with E-state index in [4.69, 9.17) is 4.74 Å². The van der Waals surface area contributed by atoms with E-state index in [1.54, 1.807) is 13.2 Å². The second kappa shape index (κ2) is 8.47. The number of anilines is 2. The first-order chi connectivity index (χ1) is 14.5. The summed E-state index contributed by atoms with van der Waals surface area (Å²) >= 11 is 0. The minimum Gasteiger partial charge on any atom is -0.380 e. The number of pyridine rings is 1. The second-order valence-corrected chi connectivity index (χ2v) is 7.65. The van der Waals surface area contributed by atoms with Gasteiger partial charge in [0.15, 0.2) is 5.82 Å². The molecule has 1 fully saturated rings. The third-order valence-corrected chi connectivity index (χ3v) is 5.63. The van der Waals surface area contributed by atoms with Gasteiger partial charge in [-0.15, -0.1) is 5.10 Å². The first kappa shape index (κ1) is 20.4. The van der Waals surface area contributed by atoms with Crippen LogP contribution >= 0.6 is 0 Å². The maximum Gasteiger partial charge on any atom is 0.263 e. The SMILES string of the molecule is CO[C@H]1CCN(c2cnc3c(C)nnc(N[C@H](C)c4cccc(C(F)F)c4)c3c2)C1. The van der Waals surface area contributed by atoms with E-state index in [0.29, 0.717) is 5.82 Å². The topological polar surface area (TPSA) is 63.2 Å². The number of hydrogen-bond donors (Lipinski definition) is 1. The van der Waals surface area contributed by atoms with E-state index < -0.39 is 6.43 Å². The zero-order valence-corrected chi connectivity index (χ0v) is 17.3. The molecule has 0 spiro atoms. The van der Waals surface area contributed by atoms with Crippen molar-refractivity contribution in [3.05, 3.63) is 53.3 Å². The first-order valence-corrected chi connectivity index (χ1v) is 10.0. The zero-order valence-electron chi connectivity index (χ0n) is 17.3. The van der Waals surface area contributed by atoms with Gasteiger partial charge in [-0.25, -0.2) is 8.78 Å². The van der Waals surface area contributed by atoms with Gasteiger partial charge in [0.05, 0.1) is 35.2 Å². The third-order valence-electron chi connectivity index (χ3n) is 5.63. The molecule has 0 bridgehead atoms. The Morgan fingerprint density at radius 3 is 2.73 bits per heavy atom. The van der Waals surface area contributed by atoms with Gasteiger partial charge >= 0.3 is 0 Å². The average molecular weight is 413 g/mol. The molecule has 1 aliphatic rings. The minimum absolute atomic E-state index is 0.00619. The zero-order chi connectivity index (χ0) is 21.3. The van der Waals surface area contributed by atoms with Crippen LogP contribution < -0.4 is 10.2 Å². The first-order valence-electron chi connectivity index (χ1n) is 10.0. The van der Waals surface area contributed by atoms with Gasteiger partial charge in [-0.05, 0) is 38.0 Å². The fraction of sp³-hybridized carbons (Fsp3) is 0.409. The summed E-state index contributed by atoms with van der Waals surface area (Å²) in [5.74, 6) is 0.586. The van der Waals surface area contributed by atoms with Crippen molar-refractivity contribution in [2.45, 2.75) is 38.8 Å². The fourth-order valence-corrected chi connectivity index (χ4v) is 3.84. The Morgan fingerprint density at radius 2 is 2.00 bits per heavy atom. The Labute approximate surface area is 174 Å². The van der Waals surface area contributed by atoms with Crippen LogP contribution in [-0.2, 0) is 4.74 Å². The van der Waals surface area contributed by atoms with Gasteiger partial charge in [-0.3, -0.25) is 4.98 Å². The third kappa shape index (κ3) is 4.05. The monoisotopic (exact) mass is 413 g/mol. The van der Waals surface area contributed by atoms with Gasteiger partial charge in [-0.1, -0.05) is 18.2 Å². The summed E-state index contributed by atoms with van der Waals surface area (Å²) in [5.41, 5.74) is 3.28. The summed E-state index contributed by atoms with van der Waals surface area (Å²) in [4.78, 5) is 6.88. The van der Waals surface area contributed by atoms with Crippen LogP contribution in [0.3, 0.4) is 0 Å². The predicted octanol–water partition coefficient (Wildman–Crippen LogP) is 4.67. The lowest BCUT2D eigenvalue weighted by atomic mass is 10.0. The highest BCUT2D eigenvalue weighted by atomic mass is 19.3. The molecule has 1 N–H and O–H groups in total. The van der Waals surface area contributed by atoms with Crippen LogP contribution in [0.4, 0.5) is 20.3 Å². The van der Waals surface area contributed by atoms with Gasteiger partial charge in [0.2, 0.25) is 0 Å². The van der Waals surface area contributed by atoms with Crippen LogP contribution in [0.25, 0.3) is 10.9 Å². The number of benzene rings is 1. The van der Waals surface area contributed by atoms with Gasteiger partial charge in [0.1, 0.15) is 0 Å². The summed E-state index contributed by atoms with van der Waals surface area (Å²) in [6.45, 7) is 5.51. The molecule has 1 aliphatic heterocycles. The molecule has 0 unspecified atom stereocenters. The lowest BCUT2D eigenvalue weighted by Crippen LogP contribution is -2.22. The maximum absolute atomic E-state index is 13.1. The molecule has 1 saturated heterocycles. The number of rotatable bonds is 6. The molecule has 0 aliphatic carbocycles. The Hall–Kier alpha value is -2.87. The predicted molar refractivity (Wildman–Crippen MR) is 113 cm³/mol. The lowest BCUT2D eigenvalue weighted by molar-refractivity contribution is 0.121. The molecule has 158 valence electrons. The molecule has 3 heterocycles. The van der Waals surface area contributed by atoms with Crippen molar-refractivity contribution in [3.8, 4) is 0 Å². The van der Waals surface area contributed by atoms with Gasteiger partial charge < -0.3 is 15.0 Å². The number of nitrogens with zero attached hydrogens (tertiary/aromatic N) is 4. The molecular formula is C22H25F2N5O. The molecule has 0 saturated carbocycles. The van der Waals surface area contributed by atoms with E-state index in [0.717, 1.165) is 47.4 Å². The molecule has 0 amide bonds. The van der Waals surface area contributed by atoms with E-state index in [2.05, 4.69) is 31.5 Å². The van der Waals surface area contributed by atoms with Crippen LogP contribution in [0.2, 0.25) is 0 Å². The van der Waals surface area contributed by atoms with Gasteiger partial charge in [0.25, 0.3) is 6.43 Å². The number of halogens is 2. The molecule has 6 nitrogen and oxygen atoms in total. The summed E-state index contributed by atoms with van der Waals surface area (Å²) in [5, 5.41) is 12.7. The highest BCUT2D eigenvalue weighted by Crippen LogP contribution is 2.31. The fourth-order valence-electron chi connectivity index (χ4n) is 3.84. The summed E-state index contributed by atoms with van der Waals surface area (Å²) in [6, 6.07) is 8.26. The van der Waals surface area contributed by atoms with Gasteiger partial charge in [0, 0.05) is 31.1 Å². The molecule has 30 heavy (non-hydrogen) atoms. The Kier molecular flexibility index (Phi) is 5.76. The Bertz CT molecular complexity index is 1050. The number of aromatic nitrogens is 3. The highest BCUT2D eigenvalue weighted by Gasteiger charge is 2.23. The minimum atomic E-state index is -2.50. The van der Waals surface area contributed by atoms with Crippen molar-refractivity contribution in [1.29, 1.82) is 0 Å². The number of nitrogens with one attached hydrogen (secondary N) is 1. The summed E-state index contributed by atoms with van der Waals surface area (Å²) < 4.78 is 31.6. The van der Waals surface area contributed by atoms with Crippen LogP contribution in [0.1, 0.15) is 42.6 Å². The molecule has 2 aromatic heterocycles. The molecular weight excluding hydrogens is 388 g/mol. The van der Waals surface area contributed by atoms with Crippen LogP contribution in [0, 0.1) is 6.92 Å². The number of methoxy groups -OCH3 is 1. The van der Waals surface area contributed by atoms with Crippen molar-refractivity contribution < 1.29 is 13.5 Å². The van der Waals surface area contributed by atoms with E-state index in [9.17, 15) is 8.78 Å².